The van der Waals surface area contributed by atoms with Crippen molar-refractivity contribution in [2.24, 2.45) is 0 Å². The third-order valence-corrected chi connectivity index (χ3v) is 5.30. The summed E-state index contributed by atoms with van der Waals surface area (Å²) in [7, 11) is 0. The van der Waals surface area contributed by atoms with Gasteiger partial charge in [0, 0.05) is 23.8 Å². The molecule has 3 heterocycles. The lowest BCUT2D eigenvalue weighted by Crippen LogP contribution is -1.90. The maximum Gasteiger partial charge on any atom is 0.195 e. The third-order valence-electron chi connectivity index (χ3n) is 3.43. The molecular weight excluding hydrogens is 324 g/mol. The van der Waals surface area contributed by atoms with E-state index < -0.39 is 0 Å². The van der Waals surface area contributed by atoms with E-state index in [9.17, 15) is 0 Å². The van der Waals surface area contributed by atoms with Gasteiger partial charge >= 0.3 is 0 Å². The van der Waals surface area contributed by atoms with Gasteiger partial charge < -0.3 is 0 Å². The first-order chi connectivity index (χ1) is 11.4. The average molecular weight is 338 g/mol. The van der Waals surface area contributed by atoms with Crippen LogP contribution < -0.4 is 0 Å². The molecule has 114 valence electrons. The van der Waals surface area contributed by atoms with Crippen LogP contribution >= 0.6 is 23.1 Å². The molecule has 3 aromatic heterocycles. The van der Waals surface area contributed by atoms with Gasteiger partial charge in [0.2, 0.25) is 0 Å². The monoisotopic (exact) mass is 338 g/mol. The highest BCUT2D eigenvalue weighted by atomic mass is 32.2. The standard InChI is InChI=1S/C17H14N4S2/c1-2-6-13(7-3-1)10-16-18-14(11-22-16)12-23-17-20-19-15-8-4-5-9-21(15)17/h1-9,11H,10,12H2. The van der Waals surface area contributed by atoms with Crippen molar-refractivity contribution in [2.45, 2.75) is 17.3 Å². The van der Waals surface area contributed by atoms with E-state index in [-0.39, 0.29) is 0 Å². The number of hydrogen-bond donors (Lipinski definition) is 0. The molecule has 1 aromatic carbocycles. The molecule has 4 aromatic rings. The van der Waals surface area contributed by atoms with Crippen LogP contribution in [0.4, 0.5) is 0 Å². The van der Waals surface area contributed by atoms with E-state index in [1.54, 1.807) is 23.1 Å². The molecule has 0 saturated heterocycles. The van der Waals surface area contributed by atoms with Crippen molar-refractivity contribution >= 4 is 28.7 Å². The number of benzene rings is 1. The molecule has 0 atom stereocenters. The van der Waals surface area contributed by atoms with Crippen LogP contribution in [0.1, 0.15) is 16.3 Å². The van der Waals surface area contributed by atoms with Gasteiger partial charge in [0.05, 0.1) is 10.7 Å². The van der Waals surface area contributed by atoms with Gasteiger partial charge in [0.25, 0.3) is 0 Å². The number of thiazole rings is 1. The molecule has 0 saturated carbocycles. The normalized spacial score (nSPS) is 11.1. The number of rotatable bonds is 5. The molecule has 0 fully saturated rings. The Hall–Kier alpha value is -2.18. The summed E-state index contributed by atoms with van der Waals surface area (Å²) in [6, 6.07) is 16.4. The minimum Gasteiger partial charge on any atom is -0.277 e. The Kier molecular flexibility index (Phi) is 4.08. The summed E-state index contributed by atoms with van der Waals surface area (Å²) >= 11 is 3.38. The first-order valence-electron chi connectivity index (χ1n) is 7.28. The molecule has 0 aliphatic heterocycles. The summed E-state index contributed by atoms with van der Waals surface area (Å²) < 4.78 is 2.00. The zero-order chi connectivity index (χ0) is 15.5. The molecule has 0 aliphatic carbocycles. The largest absolute Gasteiger partial charge is 0.277 e. The van der Waals surface area contributed by atoms with Gasteiger partial charge in [-0.2, -0.15) is 0 Å². The molecule has 23 heavy (non-hydrogen) atoms. The highest BCUT2D eigenvalue weighted by Gasteiger charge is 2.08. The van der Waals surface area contributed by atoms with Gasteiger partial charge in [-0.3, -0.25) is 4.40 Å². The Labute approximate surface area is 142 Å². The van der Waals surface area contributed by atoms with Crippen molar-refractivity contribution in [1.82, 2.24) is 19.6 Å². The first-order valence-corrected chi connectivity index (χ1v) is 9.15. The quantitative estimate of drug-likeness (QED) is 0.515. The van der Waals surface area contributed by atoms with Gasteiger partial charge in [-0.25, -0.2) is 4.98 Å². The minimum atomic E-state index is 0.807. The Morgan fingerprint density at radius 1 is 1.00 bits per heavy atom. The maximum atomic E-state index is 4.73. The van der Waals surface area contributed by atoms with Crippen LogP contribution in [0.5, 0.6) is 0 Å². The van der Waals surface area contributed by atoms with E-state index in [2.05, 4.69) is 39.8 Å². The van der Waals surface area contributed by atoms with Crippen LogP contribution in [-0.2, 0) is 12.2 Å². The second-order valence-electron chi connectivity index (χ2n) is 5.10. The van der Waals surface area contributed by atoms with Crippen LogP contribution in [0, 0.1) is 0 Å². The highest BCUT2D eigenvalue weighted by Crippen LogP contribution is 2.23. The summed E-state index contributed by atoms with van der Waals surface area (Å²) in [6.45, 7) is 0. The summed E-state index contributed by atoms with van der Waals surface area (Å²) in [4.78, 5) is 4.73. The Bertz CT molecular complexity index is 914. The van der Waals surface area contributed by atoms with Crippen molar-refractivity contribution in [2.75, 3.05) is 0 Å². The topological polar surface area (TPSA) is 43.1 Å². The molecule has 4 nitrogen and oxygen atoms in total. The van der Waals surface area contributed by atoms with Crippen LogP contribution in [0.3, 0.4) is 0 Å². The first kappa shape index (κ1) is 14.4. The number of nitrogens with zero attached hydrogens (tertiary/aromatic N) is 4. The fraction of sp³-hybridized carbons (Fsp3) is 0.118. The Morgan fingerprint density at radius 3 is 2.78 bits per heavy atom. The molecule has 0 aliphatic rings. The lowest BCUT2D eigenvalue weighted by atomic mass is 10.2. The lowest BCUT2D eigenvalue weighted by molar-refractivity contribution is 0.920. The third kappa shape index (κ3) is 3.28. The summed E-state index contributed by atoms with van der Waals surface area (Å²) in [5, 5.41) is 12.6. The van der Waals surface area contributed by atoms with Crippen LogP contribution in [0.15, 0.2) is 65.3 Å². The van der Waals surface area contributed by atoms with Crippen molar-refractivity contribution in [3.63, 3.8) is 0 Å². The van der Waals surface area contributed by atoms with Gasteiger partial charge in [0.15, 0.2) is 10.8 Å². The zero-order valence-corrected chi connectivity index (χ0v) is 13.9. The molecule has 4 rings (SSSR count). The van der Waals surface area contributed by atoms with Crippen molar-refractivity contribution < 1.29 is 0 Å². The fourth-order valence-corrected chi connectivity index (χ4v) is 4.07. The van der Waals surface area contributed by atoms with Crippen molar-refractivity contribution in [1.29, 1.82) is 0 Å². The van der Waals surface area contributed by atoms with Crippen molar-refractivity contribution in [3.05, 3.63) is 76.4 Å². The molecule has 0 unspecified atom stereocenters. The van der Waals surface area contributed by atoms with Gasteiger partial charge in [-0.1, -0.05) is 48.2 Å². The zero-order valence-electron chi connectivity index (χ0n) is 12.3. The molecule has 0 radical (unpaired) electrons. The summed E-state index contributed by atoms with van der Waals surface area (Å²) in [5.74, 6) is 0.807. The fourth-order valence-electron chi connectivity index (χ4n) is 2.32. The van der Waals surface area contributed by atoms with Crippen LogP contribution in [0.2, 0.25) is 0 Å². The number of thioether (sulfide) groups is 1. The van der Waals surface area contributed by atoms with Crippen LogP contribution in [0.25, 0.3) is 5.65 Å². The molecule has 6 heteroatoms. The maximum absolute atomic E-state index is 4.73. The van der Waals surface area contributed by atoms with E-state index in [0.717, 1.165) is 33.7 Å². The van der Waals surface area contributed by atoms with E-state index >= 15 is 0 Å². The van der Waals surface area contributed by atoms with E-state index in [4.69, 9.17) is 4.98 Å². The van der Waals surface area contributed by atoms with Gasteiger partial charge in [0.1, 0.15) is 0 Å². The molecular formula is C17H14N4S2. The second-order valence-corrected chi connectivity index (χ2v) is 6.98. The second kappa shape index (κ2) is 6.52. The Balaban J connectivity index is 1.44. The molecule has 0 amide bonds. The van der Waals surface area contributed by atoms with E-state index in [0.29, 0.717) is 0 Å². The van der Waals surface area contributed by atoms with Crippen LogP contribution in [-0.4, -0.2) is 19.6 Å². The summed E-state index contributed by atoms with van der Waals surface area (Å²) in [5.41, 5.74) is 3.26. The summed E-state index contributed by atoms with van der Waals surface area (Å²) in [6.07, 6.45) is 2.88. The van der Waals surface area contributed by atoms with Crippen molar-refractivity contribution in [3.8, 4) is 0 Å². The van der Waals surface area contributed by atoms with E-state index in [1.165, 1.54) is 5.56 Å². The smallest absolute Gasteiger partial charge is 0.195 e. The lowest BCUT2D eigenvalue weighted by Gasteiger charge is -1.98. The van der Waals surface area contributed by atoms with Gasteiger partial charge in [-0.05, 0) is 17.7 Å². The predicted octanol–water partition coefficient (Wildman–Crippen LogP) is 4.07. The number of fused-ring (bicyclic) bond motifs is 1. The van der Waals surface area contributed by atoms with E-state index in [1.807, 2.05) is 34.9 Å². The SMILES string of the molecule is c1ccc(Cc2nc(CSc3nnc4ccccn34)cs2)cc1. The molecule has 0 bridgehead atoms. The number of hydrogen-bond acceptors (Lipinski definition) is 5. The number of pyridine rings is 1. The van der Waals surface area contributed by atoms with Gasteiger partial charge in [-0.15, -0.1) is 21.5 Å². The molecule has 0 spiro atoms. The molecule has 0 N–H and O–H groups in total. The predicted molar refractivity (Wildman–Crippen MR) is 93.9 cm³/mol. The Morgan fingerprint density at radius 2 is 1.87 bits per heavy atom. The minimum absolute atomic E-state index is 0.807. The highest BCUT2D eigenvalue weighted by molar-refractivity contribution is 7.98. The number of aromatic nitrogens is 4. The average Bonchev–Trinajstić information content (AvgIpc) is 3.21.